The minimum atomic E-state index is -3.76. The molecule has 1 heterocycles. The highest BCUT2D eigenvalue weighted by molar-refractivity contribution is 7.94. The maximum atomic E-state index is 12.2. The van der Waals surface area contributed by atoms with Gasteiger partial charge in [0.15, 0.2) is 8.68 Å². The zero-order valence-corrected chi connectivity index (χ0v) is 13.0. The van der Waals surface area contributed by atoms with Crippen LogP contribution in [-0.4, -0.2) is 27.6 Å². The Labute approximate surface area is 125 Å². The molecule has 0 saturated heterocycles. The molecule has 20 heavy (non-hydrogen) atoms. The minimum Gasteiger partial charge on any atom is -0.497 e. The average Bonchev–Trinajstić information content (AvgIpc) is 2.86. The normalized spacial score (nSPS) is 11.2. The fraction of sp³-hybridized carbons (Fsp3) is 0.182. The molecule has 0 spiro atoms. The molecule has 0 aliphatic carbocycles. The number of sulfonamides is 1. The van der Waals surface area contributed by atoms with E-state index in [9.17, 15) is 8.42 Å². The summed E-state index contributed by atoms with van der Waals surface area (Å²) in [6.45, 7) is 0. The lowest BCUT2D eigenvalue weighted by Gasteiger charge is -2.12. The number of methoxy groups -OCH3 is 2. The largest absolute Gasteiger partial charge is 0.497 e. The summed E-state index contributed by atoms with van der Waals surface area (Å²) < 4.78 is 37.1. The standard InChI is InChI=1S/C11H11ClN2O4S2/c1-17-7-3-4-9(18-2)8(5-7)14-20(15,16)10-6-13-11(12)19-10/h3-6,14H,1-2H3. The third-order valence-corrected chi connectivity index (χ3v) is 5.31. The molecule has 9 heteroatoms. The van der Waals surface area contributed by atoms with E-state index in [1.54, 1.807) is 12.1 Å². The van der Waals surface area contributed by atoms with E-state index in [-0.39, 0.29) is 14.4 Å². The lowest BCUT2D eigenvalue weighted by Crippen LogP contribution is -2.12. The van der Waals surface area contributed by atoms with Crippen LogP contribution in [0.5, 0.6) is 11.5 Å². The second-order valence-corrected chi connectivity index (χ2v) is 7.13. The number of rotatable bonds is 5. The minimum absolute atomic E-state index is 0.0207. The Bertz CT molecular complexity index is 715. The van der Waals surface area contributed by atoms with E-state index >= 15 is 0 Å². The second-order valence-electron chi connectivity index (χ2n) is 3.60. The molecule has 0 aliphatic rings. The third kappa shape index (κ3) is 3.14. The van der Waals surface area contributed by atoms with E-state index in [1.165, 1.54) is 26.5 Å². The van der Waals surface area contributed by atoms with Gasteiger partial charge in [0.05, 0.1) is 26.1 Å². The van der Waals surface area contributed by atoms with E-state index in [0.29, 0.717) is 11.5 Å². The van der Waals surface area contributed by atoms with Crippen LogP contribution in [0.15, 0.2) is 28.6 Å². The number of anilines is 1. The first-order valence-corrected chi connectivity index (χ1v) is 8.00. The van der Waals surface area contributed by atoms with Crippen molar-refractivity contribution in [2.24, 2.45) is 0 Å². The number of hydrogen-bond acceptors (Lipinski definition) is 6. The number of thiazole rings is 1. The lowest BCUT2D eigenvalue weighted by atomic mass is 10.3. The van der Waals surface area contributed by atoms with Crippen LogP contribution in [0.1, 0.15) is 0 Å². The molecule has 2 aromatic rings. The van der Waals surface area contributed by atoms with Crippen molar-refractivity contribution in [2.45, 2.75) is 4.21 Å². The predicted octanol–water partition coefficient (Wildman–Crippen LogP) is 2.61. The summed E-state index contributed by atoms with van der Waals surface area (Å²) in [5.74, 6) is 0.885. The van der Waals surface area contributed by atoms with Crippen molar-refractivity contribution in [3.63, 3.8) is 0 Å². The van der Waals surface area contributed by atoms with Crippen molar-refractivity contribution in [3.8, 4) is 11.5 Å². The smallest absolute Gasteiger partial charge is 0.273 e. The van der Waals surface area contributed by atoms with Gasteiger partial charge in [-0.25, -0.2) is 13.4 Å². The molecule has 0 fully saturated rings. The Kier molecular flexibility index (Phi) is 4.36. The summed E-state index contributed by atoms with van der Waals surface area (Å²) in [4.78, 5) is 3.71. The van der Waals surface area contributed by atoms with Crippen molar-refractivity contribution in [1.82, 2.24) is 4.98 Å². The predicted molar refractivity (Wildman–Crippen MR) is 77.5 cm³/mol. The molecule has 108 valence electrons. The summed E-state index contributed by atoms with van der Waals surface area (Å²) in [6, 6.07) is 4.80. The number of nitrogens with one attached hydrogen (secondary N) is 1. The van der Waals surface area contributed by atoms with Gasteiger partial charge in [0.1, 0.15) is 11.5 Å². The van der Waals surface area contributed by atoms with Crippen LogP contribution in [0.3, 0.4) is 0 Å². The third-order valence-electron chi connectivity index (χ3n) is 2.37. The van der Waals surface area contributed by atoms with Gasteiger partial charge < -0.3 is 9.47 Å². The monoisotopic (exact) mass is 334 g/mol. The molecular formula is C11H11ClN2O4S2. The molecule has 0 radical (unpaired) electrons. The van der Waals surface area contributed by atoms with Crippen LogP contribution in [0, 0.1) is 0 Å². The number of halogens is 1. The number of hydrogen-bond donors (Lipinski definition) is 1. The molecule has 1 N–H and O–H groups in total. The Morgan fingerprint density at radius 3 is 2.60 bits per heavy atom. The van der Waals surface area contributed by atoms with Gasteiger partial charge in [-0.15, -0.1) is 0 Å². The Morgan fingerprint density at radius 2 is 2.05 bits per heavy atom. The molecule has 0 amide bonds. The first-order chi connectivity index (χ1) is 9.46. The summed E-state index contributed by atoms with van der Waals surface area (Å²) >= 11 is 6.52. The van der Waals surface area contributed by atoms with Gasteiger partial charge in [-0.1, -0.05) is 22.9 Å². The Morgan fingerprint density at radius 1 is 1.30 bits per heavy atom. The van der Waals surface area contributed by atoms with E-state index in [0.717, 1.165) is 11.3 Å². The van der Waals surface area contributed by atoms with Crippen molar-refractivity contribution >= 4 is 38.6 Å². The van der Waals surface area contributed by atoms with Crippen LogP contribution in [0.4, 0.5) is 5.69 Å². The van der Waals surface area contributed by atoms with Gasteiger partial charge in [-0.2, -0.15) is 0 Å². The van der Waals surface area contributed by atoms with Gasteiger partial charge in [0, 0.05) is 6.07 Å². The quantitative estimate of drug-likeness (QED) is 0.909. The highest BCUT2D eigenvalue weighted by atomic mass is 35.5. The summed E-state index contributed by atoms with van der Waals surface area (Å²) in [5, 5.41) is 0. The van der Waals surface area contributed by atoms with Crippen molar-refractivity contribution in [1.29, 1.82) is 0 Å². The lowest BCUT2D eigenvalue weighted by molar-refractivity contribution is 0.405. The van der Waals surface area contributed by atoms with E-state index in [4.69, 9.17) is 21.1 Å². The topological polar surface area (TPSA) is 77.5 Å². The Hall–Kier alpha value is -1.51. The molecule has 1 aromatic carbocycles. The van der Waals surface area contributed by atoms with Crippen LogP contribution in [-0.2, 0) is 10.0 Å². The van der Waals surface area contributed by atoms with Crippen LogP contribution < -0.4 is 14.2 Å². The first-order valence-electron chi connectivity index (χ1n) is 5.32. The maximum Gasteiger partial charge on any atom is 0.273 e. The SMILES string of the molecule is COc1ccc(OC)c(NS(=O)(=O)c2cnc(Cl)s2)c1. The highest BCUT2D eigenvalue weighted by Crippen LogP contribution is 2.32. The number of ether oxygens (including phenoxy) is 2. The fourth-order valence-electron chi connectivity index (χ4n) is 1.45. The number of nitrogens with zero attached hydrogens (tertiary/aromatic N) is 1. The number of benzene rings is 1. The van der Waals surface area contributed by atoms with Crippen molar-refractivity contribution in [2.75, 3.05) is 18.9 Å². The Balaban J connectivity index is 2.38. The summed E-state index contributed by atoms with van der Waals surface area (Å²) in [6.07, 6.45) is 1.20. The fourth-order valence-corrected chi connectivity index (χ4v) is 3.81. The van der Waals surface area contributed by atoms with E-state index in [2.05, 4.69) is 9.71 Å². The van der Waals surface area contributed by atoms with Gasteiger partial charge in [-0.3, -0.25) is 4.72 Å². The van der Waals surface area contributed by atoms with Crippen LogP contribution in [0.25, 0.3) is 0 Å². The van der Waals surface area contributed by atoms with Crippen molar-refractivity contribution < 1.29 is 17.9 Å². The molecule has 0 bridgehead atoms. The van der Waals surface area contributed by atoms with Gasteiger partial charge in [-0.05, 0) is 12.1 Å². The summed E-state index contributed by atoms with van der Waals surface area (Å²) in [5.41, 5.74) is 0.274. The molecule has 0 unspecified atom stereocenters. The van der Waals surface area contributed by atoms with Gasteiger partial charge in [0.2, 0.25) is 0 Å². The van der Waals surface area contributed by atoms with E-state index in [1.807, 2.05) is 0 Å². The molecule has 6 nitrogen and oxygen atoms in total. The molecule has 1 aromatic heterocycles. The van der Waals surface area contributed by atoms with Crippen molar-refractivity contribution in [3.05, 3.63) is 28.9 Å². The average molecular weight is 335 g/mol. The zero-order valence-electron chi connectivity index (χ0n) is 10.6. The second kappa shape index (κ2) is 5.86. The van der Waals surface area contributed by atoms with Gasteiger partial charge >= 0.3 is 0 Å². The molecule has 0 aliphatic heterocycles. The molecule has 0 saturated carbocycles. The molecular weight excluding hydrogens is 324 g/mol. The first kappa shape index (κ1) is 14.9. The maximum absolute atomic E-state index is 12.2. The number of aromatic nitrogens is 1. The van der Waals surface area contributed by atoms with Crippen LogP contribution in [0.2, 0.25) is 4.47 Å². The van der Waals surface area contributed by atoms with Crippen LogP contribution >= 0.6 is 22.9 Å². The van der Waals surface area contributed by atoms with Gasteiger partial charge in [0.25, 0.3) is 10.0 Å². The van der Waals surface area contributed by atoms with E-state index < -0.39 is 10.0 Å². The molecule has 2 rings (SSSR count). The summed E-state index contributed by atoms with van der Waals surface area (Å²) in [7, 11) is -0.827. The zero-order chi connectivity index (χ0) is 14.8. The molecule has 0 atom stereocenters. The highest BCUT2D eigenvalue weighted by Gasteiger charge is 2.20.